The maximum atomic E-state index is 11.8. The molecule has 2 aliphatic rings. The second kappa shape index (κ2) is 6.14. The molecule has 6 heteroatoms. The number of nitrogens with one attached hydrogen (secondary N) is 1. The van der Waals surface area contributed by atoms with Gasteiger partial charge in [0.2, 0.25) is 0 Å². The minimum Gasteiger partial charge on any atom is -0.478 e. The molecule has 0 radical (unpaired) electrons. The van der Waals surface area contributed by atoms with Crippen LogP contribution in [0.4, 0.5) is 0 Å². The van der Waals surface area contributed by atoms with Crippen LogP contribution in [0.5, 0.6) is 0 Å². The van der Waals surface area contributed by atoms with Gasteiger partial charge in [0.15, 0.2) is 0 Å². The van der Waals surface area contributed by atoms with Crippen molar-refractivity contribution in [2.45, 2.75) is 32.4 Å². The van der Waals surface area contributed by atoms with Crippen LogP contribution in [0, 0.1) is 0 Å². The van der Waals surface area contributed by atoms with Gasteiger partial charge in [0, 0.05) is 36.5 Å². The summed E-state index contributed by atoms with van der Waals surface area (Å²) in [6, 6.07) is 7.96. The van der Waals surface area contributed by atoms with E-state index in [9.17, 15) is 14.7 Å². The Bertz CT molecular complexity index is 955. The molecule has 134 valence electrons. The first-order chi connectivity index (χ1) is 12.5. The largest absolute Gasteiger partial charge is 0.478 e. The second-order valence-corrected chi connectivity index (χ2v) is 6.81. The van der Waals surface area contributed by atoms with Crippen LogP contribution in [0.1, 0.15) is 35.3 Å². The molecular weight excluding hydrogens is 332 g/mol. The van der Waals surface area contributed by atoms with Gasteiger partial charge in [-0.05, 0) is 42.5 Å². The lowest BCUT2D eigenvalue weighted by molar-refractivity contribution is -0.133. The number of carboxylic acid groups (broad SMARTS) is 2. The Kier molecular flexibility index (Phi) is 3.92. The lowest BCUT2D eigenvalue weighted by Crippen LogP contribution is -2.31. The zero-order valence-corrected chi connectivity index (χ0v) is 14.5. The highest BCUT2D eigenvalue weighted by molar-refractivity contribution is 6.21. The molecule has 0 spiro atoms. The van der Waals surface area contributed by atoms with Crippen molar-refractivity contribution in [1.29, 1.82) is 0 Å². The zero-order chi connectivity index (χ0) is 18.4. The minimum atomic E-state index is -1.26. The van der Waals surface area contributed by atoms with Crippen molar-refractivity contribution >= 4 is 17.5 Å². The number of benzene rings is 1. The lowest BCUT2D eigenvalue weighted by atomic mass is 9.84. The van der Waals surface area contributed by atoms with Gasteiger partial charge in [0.05, 0.1) is 11.3 Å². The number of carbonyl (C=O) groups is 2. The Balaban J connectivity index is 2.00. The van der Waals surface area contributed by atoms with E-state index in [0.717, 1.165) is 48.8 Å². The standard InChI is InChI=1S/C20H20N2O4/c1-11-16-9-13-6-5-12-3-2-4-14(15(20(25)26)10-17(23)24)18(12)19(13)22(16)8-7-21-11/h2-4,9-11,21H,5-8H2,1H3,(H,23,24)(H,25,26). The smallest absolute Gasteiger partial charge is 0.336 e. The number of hydrogen-bond donors (Lipinski definition) is 3. The van der Waals surface area contributed by atoms with Gasteiger partial charge in [-0.1, -0.05) is 18.2 Å². The van der Waals surface area contributed by atoms with Crippen LogP contribution in [0.15, 0.2) is 30.3 Å². The van der Waals surface area contributed by atoms with Crippen LogP contribution in [-0.2, 0) is 29.0 Å². The fraction of sp³-hybridized carbons (Fsp3) is 0.300. The predicted molar refractivity (Wildman–Crippen MR) is 96.9 cm³/mol. The average Bonchev–Trinajstić information content (AvgIpc) is 2.99. The lowest BCUT2D eigenvalue weighted by Gasteiger charge is -2.27. The van der Waals surface area contributed by atoms with Crippen molar-refractivity contribution in [2.75, 3.05) is 6.54 Å². The van der Waals surface area contributed by atoms with Crippen molar-refractivity contribution < 1.29 is 19.8 Å². The number of carboxylic acids is 2. The van der Waals surface area contributed by atoms with E-state index in [-0.39, 0.29) is 11.6 Å². The number of aryl methyl sites for hydroxylation is 2. The molecule has 1 aliphatic heterocycles. The molecule has 1 atom stereocenters. The van der Waals surface area contributed by atoms with E-state index >= 15 is 0 Å². The highest BCUT2D eigenvalue weighted by atomic mass is 16.4. The second-order valence-electron chi connectivity index (χ2n) is 6.81. The molecule has 4 rings (SSSR count). The molecule has 1 aromatic carbocycles. The third-order valence-electron chi connectivity index (χ3n) is 5.28. The predicted octanol–water partition coefficient (Wildman–Crippen LogP) is 2.47. The Hall–Kier alpha value is -2.86. The summed E-state index contributed by atoms with van der Waals surface area (Å²) in [5, 5.41) is 22.2. The molecule has 26 heavy (non-hydrogen) atoms. The molecule has 0 bridgehead atoms. The number of fused-ring (bicyclic) bond motifs is 5. The van der Waals surface area contributed by atoms with Crippen LogP contribution in [0.3, 0.4) is 0 Å². The number of aliphatic carboxylic acids is 2. The summed E-state index contributed by atoms with van der Waals surface area (Å²) in [5.41, 5.74) is 5.68. The van der Waals surface area contributed by atoms with E-state index in [0.29, 0.717) is 5.56 Å². The third-order valence-corrected chi connectivity index (χ3v) is 5.28. The van der Waals surface area contributed by atoms with Crippen molar-refractivity contribution in [3.05, 3.63) is 52.7 Å². The van der Waals surface area contributed by atoms with Gasteiger partial charge in [-0.25, -0.2) is 9.59 Å². The molecule has 0 fully saturated rings. The molecule has 6 nitrogen and oxygen atoms in total. The van der Waals surface area contributed by atoms with Gasteiger partial charge in [0.1, 0.15) is 0 Å². The topological polar surface area (TPSA) is 91.6 Å². The van der Waals surface area contributed by atoms with Crippen LogP contribution in [0.25, 0.3) is 16.8 Å². The first kappa shape index (κ1) is 16.6. The summed E-state index contributed by atoms with van der Waals surface area (Å²) in [6.45, 7) is 3.79. The maximum absolute atomic E-state index is 11.8. The van der Waals surface area contributed by atoms with E-state index in [1.165, 1.54) is 11.3 Å². The number of rotatable bonds is 3. The summed E-state index contributed by atoms with van der Waals surface area (Å²) >= 11 is 0. The highest BCUT2D eigenvalue weighted by Crippen LogP contribution is 2.42. The molecule has 2 heterocycles. The minimum absolute atomic E-state index is 0.181. The Labute approximate surface area is 150 Å². The molecule has 0 amide bonds. The quantitative estimate of drug-likeness (QED) is 0.738. The summed E-state index contributed by atoms with van der Waals surface area (Å²) in [5.74, 6) is -2.49. The van der Waals surface area contributed by atoms with E-state index in [1.807, 2.05) is 12.1 Å². The SMILES string of the molecule is CC1NCCn2c1cc1c2-c2c(cccc2C(=CC(=O)O)C(=O)O)CC1. The maximum Gasteiger partial charge on any atom is 0.336 e. The van der Waals surface area contributed by atoms with Crippen LogP contribution in [0.2, 0.25) is 0 Å². The summed E-state index contributed by atoms with van der Waals surface area (Å²) in [4.78, 5) is 22.9. The van der Waals surface area contributed by atoms with E-state index in [4.69, 9.17) is 5.11 Å². The monoisotopic (exact) mass is 352 g/mol. The number of hydrogen-bond acceptors (Lipinski definition) is 3. The fourth-order valence-corrected chi connectivity index (χ4v) is 4.17. The van der Waals surface area contributed by atoms with Crippen LogP contribution < -0.4 is 5.32 Å². The van der Waals surface area contributed by atoms with Crippen LogP contribution in [-0.4, -0.2) is 33.3 Å². The first-order valence-corrected chi connectivity index (χ1v) is 8.73. The summed E-state index contributed by atoms with van der Waals surface area (Å²) in [6.07, 6.45) is 2.52. The van der Waals surface area contributed by atoms with Gasteiger partial charge < -0.3 is 20.1 Å². The Morgan fingerprint density at radius 3 is 2.73 bits per heavy atom. The van der Waals surface area contributed by atoms with Crippen molar-refractivity contribution in [1.82, 2.24) is 9.88 Å². The molecule has 0 saturated heterocycles. The number of nitrogens with zero attached hydrogens (tertiary/aromatic N) is 1. The van der Waals surface area contributed by atoms with E-state index < -0.39 is 11.9 Å². The van der Waals surface area contributed by atoms with Gasteiger partial charge in [0.25, 0.3) is 0 Å². The van der Waals surface area contributed by atoms with Crippen molar-refractivity contribution in [3.8, 4) is 11.3 Å². The molecule has 2 aromatic rings. The normalized spacial score (nSPS) is 18.7. The van der Waals surface area contributed by atoms with Crippen LogP contribution >= 0.6 is 0 Å². The molecule has 1 aromatic heterocycles. The van der Waals surface area contributed by atoms with Gasteiger partial charge in [-0.3, -0.25) is 0 Å². The molecule has 1 aliphatic carbocycles. The van der Waals surface area contributed by atoms with E-state index in [2.05, 4.69) is 22.9 Å². The molecule has 0 saturated carbocycles. The van der Waals surface area contributed by atoms with Gasteiger partial charge in [-0.2, -0.15) is 0 Å². The highest BCUT2D eigenvalue weighted by Gasteiger charge is 2.30. The fourth-order valence-electron chi connectivity index (χ4n) is 4.17. The average molecular weight is 352 g/mol. The van der Waals surface area contributed by atoms with Gasteiger partial charge >= 0.3 is 11.9 Å². The molecule has 1 unspecified atom stereocenters. The van der Waals surface area contributed by atoms with Gasteiger partial charge in [-0.15, -0.1) is 0 Å². The van der Waals surface area contributed by atoms with E-state index in [1.54, 1.807) is 6.07 Å². The Morgan fingerprint density at radius 1 is 1.23 bits per heavy atom. The number of aromatic nitrogens is 1. The molecular formula is C20H20N2O4. The molecule has 3 N–H and O–H groups in total. The zero-order valence-electron chi connectivity index (χ0n) is 14.5. The van der Waals surface area contributed by atoms with Crippen molar-refractivity contribution in [3.63, 3.8) is 0 Å². The van der Waals surface area contributed by atoms with Crippen molar-refractivity contribution in [2.24, 2.45) is 0 Å². The first-order valence-electron chi connectivity index (χ1n) is 8.73. The third kappa shape index (κ3) is 2.54. The summed E-state index contributed by atoms with van der Waals surface area (Å²) in [7, 11) is 0. The summed E-state index contributed by atoms with van der Waals surface area (Å²) < 4.78 is 2.26. The Morgan fingerprint density at radius 2 is 2.00 bits per heavy atom.